The van der Waals surface area contributed by atoms with Crippen LogP contribution in [-0.2, 0) is 10.5 Å². The number of fused-ring (bicyclic) bond motifs is 1. The van der Waals surface area contributed by atoms with Crippen molar-refractivity contribution in [2.45, 2.75) is 17.8 Å². The Hall–Kier alpha value is -3.31. The molecule has 0 fully saturated rings. The molecule has 4 rings (SSSR count). The molecule has 0 atom stereocenters. The third kappa shape index (κ3) is 4.33. The highest BCUT2D eigenvalue weighted by atomic mass is 32.2. The number of aromatic nitrogens is 3. The average molecular weight is 489 g/mol. The maximum Gasteiger partial charge on any atom is 0.348 e. The van der Waals surface area contributed by atoms with Gasteiger partial charge in [0.15, 0.2) is 17.3 Å². The van der Waals surface area contributed by atoms with Gasteiger partial charge in [0, 0.05) is 21.4 Å². The van der Waals surface area contributed by atoms with Gasteiger partial charge in [-0.3, -0.25) is 0 Å². The molecule has 0 aliphatic rings. The quantitative estimate of drug-likeness (QED) is 0.220. The molecular weight excluding hydrogens is 467 g/mol. The summed E-state index contributed by atoms with van der Waals surface area (Å²) < 4.78 is 32.4. The van der Waals surface area contributed by atoms with Gasteiger partial charge in [0.25, 0.3) is 0 Å². The zero-order valence-electron chi connectivity index (χ0n) is 18.1. The number of methoxy groups -OCH3 is 2. The van der Waals surface area contributed by atoms with Crippen LogP contribution in [0.2, 0.25) is 0 Å². The van der Waals surface area contributed by atoms with E-state index in [0.717, 1.165) is 0 Å². The number of carbonyl (C=O) groups is 1. The van der Waals surface area contributed by atoms with E-state index in [1.807, 2.05) is 0 Å². The molecule has 0 saturated carbocycles. The molecule has 0 saturated heterocycles. The number of hydrogen-bond donors (Lipinski definition) is 1. The topological polar surface area (TPSA) is 101 Å². The highest BCUT2D eigenvalue weighted by Gasteiger charge is 2.23. The van der Waals surface area contributed by atoms with Gasteiger partial charge in [-0.25, -0.2) is 13.9 Å². The summed E-state index contributed by atoms with van der Waals surface area (Å²) in [6.45, 7) is 1.96. The molecule has 2 heterocycles. The number of carbonyl (C=O) groups excluding carboxylic acids is 1. The summed E-state index contributed by atoms with van der Waals surface area (Å²) in [7, 11) is 3.10. The van der Waals surface area contributed by atoms with Crippen molar-refractivity contribution in [3.8, 4) is 22.9 Å². The molecule has 0 aliphatic heterocycles. The van der Waals surface area contributed by atoms with Gasteiger partial charge in [-0.1, -0.05) is 17.8 Å². The first-order valence-corrected chi connectivity index (χ1v) is 11.7. The molecular formula is C22H21FN4O4S2. The molecule has 0 unspecified atom stereocenters. The lowest BCUT2D eigenvalue weighted by atomic mass is 10.1. The van der Waals surface area contributed by atoms with Crippen molar-refractivity contribution in [2.24, 2.45) is 0 Å². The molecule has 2 N–H and O–H groups in total. The van der Waals surface area contributed by atoms with Crippen molar-refractivity contribution < 1.29 is 23.4 Å². The Bertz CT molecular complexity index is 1320. The smallest absolute Gasteiger partial charge is 0.348 e. The van der Waals surface area contributed by atoms with E-state index in [1.54, 1.807) is 51.5 Å². The number of benzene rings is 2. The Morgan fingerprint density at radius 1 is 1.18 bits per heavy atom. The predicted octanol–water partition coefficient (Wildman–Crippen LogP) is 4.50. The van der Waals surface area contributed by atoms with E-state index in [1.165, 1.54) is 33.8 Å². The lowest BCUT2D eigenvalue weighted by Gasteiger charge is -2.09. The van der Waals surface area contributed by atoms with Crippen molar-refractivity contribution in [3.05, 3.63) is 52.7 Å². The Morgan fingerprint density at radius 2 is 1.97 bits per heavy atom. The maximum absolute atomic E-state index is 14.6. The van der Waals surface area contributed by atoms with E-state index in [9.17, 15) is 9.18 Å². The van der Waals surface area contributed by atoms with Gasteiger partial charge < -0.3 is 20.1 Å². The molecule has 11 heteroatoms. The van der Waals surface area contributed by atoms with E-state index in [0.29, 0.717) is 48.6 Å². The fourth-order valence-electron chi connectivity index (χ4n) is 3.35. The third-order valence-electron chi connectivity index (χ3n) is 4.88. The van der Waals surface area contributed by atoms with Crippen LogP contribution in [0.1, 0.15) is 22.2 Å². The number of nitrogen functional groups attached to an aromatic ring is 1. The summed E-state index contributed by atoms with van der Waals surface area (Å²) in [5.74, 6) is 7.19. The third-order valence-corrected chi connectivity index (χ3v) is 7.02. The van der Waals surface area contributed by atoms with Gasteiger partial charge in [0.1, 0.15) is 10.7 Å². The number of thioether (sulfide) groups is 1. The van der Waals surface area contributed by atoms with E-state index in [4.69, 9.17) is 20.1 Å². The minimum Gasteiger partial charge on any atom is -0.493 e. The molecule has 2 aromatic carbocycles. The first-order chi connectivity index (χ1) is 16.0. The summed E-state index contributed by atoms with van der Waals surface area (Å²) in [5, 5.41) is 9.18. The minimum absolute atomic E-state index is 0.230. The Kier molecular flexibility index (Phi) is 6.70. The zero-order chi connectivity index (χ0) is 23.5. The summed E-state index contributed by atoms with van der Waals surface area (Å²) in [4.78, 5) is 12.9. The van der Waals surface area contributed by atoms with Crippen LogP contribution < -0.4 is 15.3 Å². The van der Waals surface area contributed by atoms with Crippen LogP contribution >= 0.6 is 23.1 Å². The number of nitrogens with two attached hydrogens (primary N) is 1. The fourth-order valence-corrected chi connectivity index (χ4v) is 5.46. The van der Waals surface area contributed by atoms with Crippen LogP contribution in [0, 0.1) is 5.82 Å². The number of hydrogen-bond acceptors (Lipinski definition) is 9. The Labute approximate surface area is 197 Å². The van der Waals surface area contributed by atoms with E-state index in [-0.39, 0.29) is 12.4 Å². The second kappa shape index (κ2) is 9.67. The van der Waals surface area contributed by atoms with E-state index >= 15 is 0 Å². The van der Waals surface area contributed by atoms with Crippen LogP contribution in [0.5, 0.6) is 11.5 Å². The van der Waals surface area contributed by atoms with E-state index < -0.39 is 11.8 Å². The van der Waals surface area contributed by atoms with Crippen molar-refractivity contribution in [2.75, 3.05) is 26.7 Å². The second-order valence-corrected chi connectivity index (χ2v) is 8.77. The Morgan fingerprint density at radius 3 is 2.70 bits per heavy atom. The van der Waals surface area contributed by atoms with E-state index in [2.05, 4.69) is 10.2 Å². The van der Waals surface area contributed by atoms with Gasteiger partial charge in [-0.2, -0.15) is 0 Å². The Balaban J connectivity index is 1.65. The first-order valence-electron chi connectivity index (χ1n) is 9.91. The fraction of sp³-hybridized carbons (Fsp3) is 0.227. The lowest BCUT2D eigenvalue weighted by Crippen LogP contribution is -2.12. The SMILES string of the molecule is CCOC(=O)c1sc2cccc(F)c2c1CSc1nnc(-c2ccc(OC)c(OC)c2)n1N. The number of rotatable bonds is 8. The summed E-state index contributed by atoms with van der Waals surface area (Å²) in [6.07, 6.45) is 0. The molecule has 0 aliphatic carbocycles. The first kappa shape index (κ1) is 22.9. The number of thiophene rings is 1. The lowest BCUT2D eigenvalue weighted by molar-refractivity contribution is 0.0531. The second-order valence-electron chi connectivity index (χ2n) is 6.78. The number of nitrogens with zero attached hydrogens (tertiary/aromatic N) is 3. The molecule has 172 valence electrons. The maximum atomic E-state index is 14.6. The van der Waals surface area contributed by atoms with Crippen LogP contribution in [-0.4, -0.2) is 41.7 Å². The largest absolute Gasteiger partial charge is 0.493 e. The molecule has 8 nitrogen and oxygen atoms in total. The summed E-state index contributed by atoms with van der Waals surface area (Å²) >= 11 is 2.46. The average Bonchev–Trinajstić information content (AvgIpc) is 3.38. The standard InChI is InChI=1S/C22H21FN4O4S2/c1-4-31-21(28)19-13(18-14(23)6-5-7-17(18)33-19)11-32-22-26-25-20(27(22)24)12-8-9-15(29-2)16(10-12)30-3/h5-10H,4,11,24H2,1-3H3. The van der Waals surface area contributed by atoms with Crippen molar-refractivity contribution in [1.29, 1.82) is 0 Å². The summed E-state index contributed by atoms with van der Waals surface area (Å²) in [5.41, 5.74) is 1.24. The molecule has 2 aromatic heterocycles. The molecule has 0 amide bonds. The highest BCUT2D eigenvalue weighted by molar-refractivity contribution is 7.98. The summed E-state index contributed by atoms with van der Waals surface area (Å²) in [6, 6.07) is 10.1. The van der Waals surface area contributed by atoms with Gasteiger partial charge in [0.2, 0.25) is 5.16 Å². The molecule has 0 radical (unpaired) electrons. The van der Waals surface area contributed by atoms with Crippen molar-refractivity contribution >= 4 is 39.2 Å². The van der Waals surface area contributed by atoms with Crippen LogP contribution in [0.3, 0.4) is 0 Å². The minimum atomic E-state index is -0.478. The number of ether oxygens (including phenoxy) is 3. The molecule has 0 bridgehead atoms. The van der Waals surface area contributed by atoms with Gasteiger partial charge in [-0.15, -0.1) is 21.5 Å². The predicted molar refractivity (Wildman–Crippen MR) is 126 cm³/mol. The molecule has 0 spiro atoms. The normalized spacial score (nSPS) is 11.0. The van der Waals surface area contributed by atoms with Gasteiger partial charge >= 0.3 is 5.97 Å². The molecule has 4 aromatic rings. The highest BCUT2D eigenvalue weighted by Crippen LogP contribution is 2.38. The van der Waals surface area contributed by atoms with Crippen molar-refractivity contribution in [3.63, 3.8) is 0 Å². The number of halogens is 1. The zero-order valence-corrected chi connectivity index (χ0v) is 19.8. The van der Waals surface area contributed by atoms with Gasteiger partial charge in [-0.05, 0) is 42.8 Å². The monoisotopic (exact) mass is 488 g/mol. The van der Waals surface area contributed by atoms with Gasteiger partial charge in [0.05, 0.1) is 20.8 Å². The van der Waals surface area contributed by atoms with Crippen molar-refractivity contribution in [1.82, 2.24) is 14.9 Å². The number of esters is 1. The van der Waals surface area contributed by atoms with Crippen LogP contribution in [0.15, 0.2) is 41.6 Å². The van der Waals surface area contributed by atoms with Crippen LogP contribution in [0.25, 0.3) is 21.5 Å². The molecule has 33 heavy (non-hydrogen) atoms. The van der Waals surface area contributed by atoms with Crippen LogP contribution in [0.4, 0.5) is 4.39 Å².